The quantitative estimate of drug-likeness (QED) is 0.762. The number of carboxylic acids is 1. The molecule has 0 saturated heterocycles. The van der Waals surface area contributed by atoms with E-state index in [1.807, 2.05) is 25.2 Å². The highest BCUT2D eigenvalue weighted by Gasteiger charge is 2.09. The number of carbonyl (C=O) groups is 1. The third-order valence-electron chi connectivity index (χ3n) is 3.06. The summed E-state index contributed by atoms with van der Waals surface area (Å²) in [5, 5.41) is 11.9. The summed E-state index contributed by atoms with van der Waals surface area (Å²) in [6, 6.07) is 12.1. The molecule has 0 fully saturated rings. The zero-order chi connectivity index (χ0) is 14.1. The van der Waals surface area contributed by atoms with Crippen LogP contribution in [0.25, 0.3) is 22.6 Å². The molecule has 0 aliphatic rings. The van der Waals surface area contributed by atoms with E-state index in [2.05, 4.69) is 10.3 Å². The standard InChI is InChI=1S/C15H12N2O3/c1-16-11-6-7-13-12(8-11)17-14(20-13)9-2-4-10(5-3-9)15(18)19/h2-8,16H,1H3,(H,18,19). The first-order valence-corrected chi connectivity index (χ1v) is 6.09. The highest BCUT2D eigenvalue weighted by atomic mass is 16.4. The number of nitrogens with zero attached hydrogens (tertiary/aromatic N) is 1. The Kier molecular flexibility index (Phi) is 2.87. The number of hydrogen-bond donors (Lipinski definition) is 2. The second kappa shape index (κ2) is 4.70. The predicted octanol–water partition coefficient (Wildman–Crippen LogP) is 3.23. The Hall–Kier alpha value is -2.82. The first-order chi connectivity index (χ1) is 9.67. The van der Waals surface area contributed by atoms with Crippen LogP contribution in [0, 0.1) is 0 Å². The topological polar surface area (TPSA) is 75.4 Å². The monoisotopic (exact) mass is 268 g/mol. The number of benzene rings is 2. The van der Waals surface area contributed by atoms with Gasteiger partial charge in [0.25, 0.3) is 0 Å². The maximum Gasteiger partial charge on any atom is 0.335 e. The van der Waals surface area contributed by atoms with Gasteiger partial charge >= 0.3 is 5.97 Å². The zero-order valence-corrected chi connectivity index (χ0v) is 10.8. The summed E-state index contributed by atoms with van der Waals surface area (Å²) >= 11 is 0. The molecule has 3 aromatic rings. The first kappa shape index (κ1) is 12.2. The van der Waals surface area contributed by atoms with Gasteiger partial charge in [-0.25, -0.2) is 9.78 Å². The maximum absolute atomic E-state index is 10.8. The second-order valence-corrected chi connectivity index (χ2v) is 4.33. The molecule has 0 amide bonds. The Morgan fingerprint density at radius 3 is 2.60 bits per heavy atom. The largest absolute Gasteiger partial charge is 0.478 e. The van der Waals surface area contributed by atoms with E-state index in [0.29, 0.717) is 11.5 Å². The lowest BCUT2D eigenvalue weighted by Gasteiger charge is -1.96. The Balaban J connectivity index is 2.03. The number of hydrogen-bond acceptors (Lipinski definition) is 4. The van der Waals surface area contributed by atoms with Crippen molar-refractivity contribution in [1.29, 1.82) is 0 Å². The predicted molar refractivity (Wildman–Crippen MR) is 76.0 cm³/mol. The van der Waals surface area contributed by atoms with Gasteiger partial charge in [-0.2, -0.15) is 0 Å². The summed E-state index contributed by atoms with van der Waals surface area (Å²) in [7, 11) is 1.84. The molecule has 5 heteroatoms. The fourth-order valence-electron chi connectivity index (χ4n) is 1.96. The average molecular weight is 268 g/mol. The SMILES string of the molecule is CNc1ccc2oc(-c3ccc(C(=O)O)cc3)nc2c1. The Labute approximate surface area is 114 Å². The van der Waals surface area contributed by atoms with Crippen LogP contribution in [0.3, 0.4) is 0 Å². The van der Waals surface area contributed by atoms with Gasteiger partial charge in [-0.15, -0.1) is 0 Å². The fraction of sp³-hybridized carbons (Fsp3) is 0.0667. The molecule has 0 spiro atoms. The summed E-state index contributed by atoms with van der Waals surface area (Å²) in [4.78, 5) is 15.2. The molecular weight excluding hydrogens is 256 g/mol. The number of anilines is 1. The van der Waals surface area contributed by atoms with Gasteiger partial charge in [-0.1, -0.05) is 0 Å². The summed E-state index contributed by atoms with van der Waals surface area (Å²) in [6.45, 7) is 0. The van der Waals surface area contributed by atoms with Gasteiger partial charge in [0.15, 0.2) is 5.58 Å². The van der Waals surface area contributed by atoms with Crippen molar-refractivity contribution >= 4 is 22.8 Å². The van der Waals surface area contributed by atoms with Crippen molar-refractivity contribution in [1.82, 2.24) is 4.98 Å². The van der Waals surface area contributed by atoms with Crippen molar-refractivity contribution in [2.75, 3.05) is 12.4 Å². The van der Waals surface area contributed by atoms with Crippen molar-refractivity contribution in [2.45, 2.75) is 0 Å². The van der Waals surface area contributed by atoms with Gasteiger partial charge < -0.3 is 14.8 Å². The van der Waals surface area contributed by atoms with Gasteiger partial charge in [-0.05, 0) is 42.5 Å². The highest BCUT2D eigenvalue weighted by Crippen LogP contribution is 2.26. The van der Waals surface area contributed by atoms with Crippen molar-refractivity contribution in [3.8, 4) is 11.5 Å². The fourth-order valence-corrected chi connectivity index (χ4v) is 1.96. The van der Waals surface area contributed by atoms with Crippen LogP contribution in [-0.2, 0) is 0 Å². The van der Waals surface area contributed by atoms with Crippen molar-refractivity contribution in [2.24, 2.45) is 0 Å². The van der Waals surface area contributed by atoms with Crippen molar-refractivity contribution in [3.05, 3.63) is 48.0 Å². The van der Waals surface area contributed by atoms with Crippen LogP contribution in [-0.4, -0.2) is 23.1 Å². The van der Waals surface area contributed by atoms with Crippen LogP contribution in [0.1, 0.15) is 10.4 Å². The number of carboxylic acid groups (broad SMARTS) is 1. The van der Waals surface area contributed by atoms with Crippen LogP contribution < -0.4 is 5.32 Å². The highest BCUT2D eigenvalue weighted by molar-refractivity contribution is 5.88. The van der Waals surface area contributed by atoms with E-state index in [0.717, 1.165) is 16.8 Å². The lowest BCUT2D eigenvalue weighted by atomic mass is 10.1. The normalized spacial score (nSPS) is 10.7. The van der Waals surface area contributed by atoms with Crippen LogP contribution >= 0.6 is 0 Å². The van der Waals surface area contributed by atoms with Crippen LogP contribution in [0.15, 0.2) is 46.9 Å². The molecule has 2 N–H and O–H groups in total. The van der Waals surface area contributed by atoms with E-state index in [1.165, 1.54) is 12.1 Å². The van der Waals surface area contributed by atoms with E-state index in [1.54, 1.807) is 12.1 Å². The summed E-state index contributed by atoms with van der Waals surface area (Å²) < 4.78 is 5.67. The molecule has 0 saturated carbocycles. The van der Waals surface area contributed by atoms with E-state index in [-0.39, 0.29) is 5.56 Å². The molecule has 5 nitrogen and oxygen atoms in total. The number of aromatic nitrogens is 1. The molecule has 0 atom stereocenters. The minimum absolute atomic E-state index is 0.238. The number of oxazole rings is 1. The number of aromatic carboxylic acids is 1. The number of fused-ring (bicyclic) bond motifs is 1. The summed E-state index contributed by atoms with van der Waals surface area (Å²) in [6.07, 6.45) is 0. The minimum Gasteiger partial charge on any atom is -0.478 e. The Bertz CT molecular complexity index is 775. The molecule has 3 rings (SSSR count). The van der Waals surface area contributed by atoms with Gasteiger partial charge in [-0.3, -0.25) is 0 Å². The second-order valence-electron chi connectivity index (χ2n) is 4.33. The van der Waals surface area contributed by atoms with E-state index in [9.17, 15) is 4.79 Å². The molecule has 20 heavy (non-hydrogen) atoms. The molecule has 2 aromatic carbocycles. The molecule has 0 unspecified atom stereocenters. The lowest BCUT2D eigenvalue weighted by Crippen LogP contribution is -1.94. The maximum atomic E-state index is 10.8. The van der Waals surface area contributed by atoms with Gasteiger partial charge in [0.2, 0.25) is 5.89 Å². The molecular formula is C15H12N2O3. The first-order valence-electron chi connectivity index (χ1n) is 6.09. The Morgan fingerprint density at radius 1 is 1.20 bits per heavy atom. The third-order valence-corrected chi connectivity index (χ3v) is 3.06. The van der Waals surface area contributed by atoms with Crippen molar-refractivity contribution < 1.29 is 14.3 Å². The van der Waals surface area contributed by atoms with Crippen molar-refractivity contribution in [3.63, 3.8) is 0 Å². The van der Waals surface area contributed by atoms with Gasteiger partial charge in [0.1, 0.15) is 5.52 Å². The number of nitrogens with one attached hydrogen (secondary N) is 1. The van der Waals surface area contributed by atoms with E-state index < -0.39 is 5.97 Å². The molecule has 100 valence electrons. The van der Waals surface area contributed by atoms with Crippen LogP contribution in [0.4, 0.5) is 5.69 Å². The van der Waals surface area contributed by atoms with E-state index in [4.69, 9.17) is 9.52 Å². The lowest BCUT2D eigenvalue weighted by molar-refractivity contribution is 0.0697. The molecule has 1 aromatic heterocycles. The summed E-state index contributed by atoms with van der Waals surface area (Å²) in [5.41, 5.74) is 3.40. The smallest absolute Gasteiger partial charge is 0.335 e. The molecule has 1 heterocycles. The molecule has 0 aliphatic carbocycles. The molecule has 0 radical (unpaired) electrons. The van der Waals surface area contributed by atoms with Gasteiger partial charge in [0.05, 0.1) is 5.56 Å². The number of rotatable bonds is 3. The van der Waals surface area contributed by atoms with Crippen LogP contribution in [0.2, 0.25) is 0 Å². The van der Waals surface area contributed by atoms with E-state index >= 15 is 0 Å². The van der Waals surface area contributed by atoms with Gasteiger partial charge in [0, 0.05) is 18.3 Å². The van der Waals surface area contributed by atoms with Crippen LogP contribution in [0.5, 0.6) is 0 Å². The minimum atomic E-state index is -0.951. The average Bonchev–Trinajstić information content (AvgIpc) is 2.90. The third kappa shape index (κ3) is 2.09. The summed E-state index contributed by atoms with van der Waals surface area (Å²) in [5.74, 6) is -0.474. The Morgan fingerprint density at radius 2 is 1.95 bits per heavy atom. The molecule has 0 bridgehead atoms. The molecule has 0 aliphatic heterocycles. The zero-order valence-electron chi connectivity index (χ0n) is 10.8.